The Hall–Kier alpha value is -1.82. The first kappa shape index (κ1) is 12.6. The molecule has 0 saturated carbocycles. The van der Waals surface area contributed by atoms with Crippen molar-refractivity contribution in [1.29, 1.82) is 0 Å². The molecule has 96 valence electrons. The van der Waals surface area contributed by atoms with E-state index < -0.39 is 0 Å². The van der Waals surface area contributed by atoms with Crippen LogP contribution in [0, 0.1) is 6.92 Å². The Morgan fingerprint density at radius 1 is 1.44 bits per heavy atom. The summed E-state index contributed by atoms with van der Waals surface area (Å²) in [5.74, 6) is 0. The summed E-state index contributed by atoms with van der Waals surface area (Å²) in [5, 5.41) is 11.4. The average Bonchev–Trinajstić information content (AvgIpc) is 2.64. The summed E-state index contributed by atoms with van der Waals surface area (Å²) in [6.07, 6.45) is 3.46. The van der Waals surface area contributed by atoms with Gasteiger partial charge in [0.05, 0.1) is 17.6 Å². The summed E-state index contributed by atoms with van der Waals surface area (Å²) in [4.78, 5) is 11.6. The molecule has 2 rings (SSSR count). The second-order valence-electron chi connectivity index (χ2n) is 4.07. The maximum Gasteiger partial charge on any atom is 0.287 e. The van der Waals surface area contributed by atoms with Gasteiger partial charge in [-0.05, 0) is 6.92 Å². The molecule has 18 heavy (non-hydrogen) atoms. The topological polar surface area (TPSA) is 64.7 Å². The Bertz CT molecular complexity index is 631. The lowest BCUT2D eigenvalue weighted by atomic mass is 10.2. The van der Waals surface area contributed by atoms with Gasteiger partial charge in [0, 0.05) is 32.4 Å². The zero-order valence-electron chi connectivity index (χ0n) is 10.4. The summed E-state index contributed by atoms with van der Waals surface area (Å²) in [5.41, 5.74) is 2.21. The third-order valence-electron chi connectivity index (χ3n) is 2.66. The molecule has 1 N–H and O–H groups in total. The fourth-order valence-electron chi connectivity index (χ4n) is 1.65. The molecule has 2 heterocycles. The molecule has 0 bridgehead atoms. The molecule has 0 aliphatic heterocycles. The molecule has 0 aliphatic carbocycles. The van der Waals surface area contributed by atoms with E-state index in [1.165, 1.54) is 10.9 Å². The number of aromatic nitrogens is 4. The number of nitrogens with zero attached hydrogens (tertiary/aromatic N) is 4. The minimum atomic E-state index is -0.315. The van der Waals surface area contributed by atoms with E-state index >= 15 is 0 Å². The van der Waals surface area contributed by atoms with Crippen molar-refractivity contribution in [3.63, 3.8) is 0 Å². The van der Waals surface area contributed by atoms with Crippen molar-refractivity contribution in [2.75, 3.05) is 5.32 Å². The van der Waals surface area contributed by atoms with E-state index in [0.717, 1.165) is 11.3 Å². The highest BCUT2D eigenvalue weighted by molar-refractivity contribution is 6.32. The van der Waals surface area contributed by atoms with Crippen LogP contribution in [0.15, 0.2) is 17.2 Å². The Balaban J connectivity index is 2.19. The van der Waals surface area contributed by atoms with Crippen molar-refractivity contribution >= 4 is 17.3 Å². The molecule has 0 spiro atoms. The van der Waals surface area contributed by atoms with Crippen LogP contribution in [0.1, 0.15) is 11.3 Å². The van der Waals surface area contributed by atoms with Crippen LogP contribution in [0.25, 0.3) is 0 Å². The van der Waals surface area contributed by atoms with Crippen LogP contribution in [0.4, 0.5) is 5.69 Å². The first-order valence-electron chi connectivity index (χ1n) is 5.44. The lowest BCUT2D eigenvalue weighted by molar-refractivity contribution is 0.708. The van der Waals surface area contributed by atoms with Crippen LogP contribution in [0.5, 0.6) is 0 Å². The van der Waals surface area contributed by atoms with Crippen molar-refractivity contribution in [3.8, 4) is 0 Å². The highest BCUT2D eigenvalue weighted by Crippen LogP contribution is 2.16. The molecule has 0 radical (unpaired) electrons. The van der Waals surface area contributed by atoms with Gasteiger partial charge in [0.15, 0.2) is 0 Å². The van der Waals surface area contributed by atoms with Crippen LogP contribution >= 0.6 is 11.6 Å². The zero-order chi connectivity index (χ0) is 13.3. The van der Waals surface area contributed by atoms with E-state index in [0.29, 0.717) is 12.2 Å². The fourth-order valence-corrected chi connectivity index (χ4v) is 1.88. The molecule has 0 saturated heterocycles. The van der Waals surface area contributed by atoms with E-state index in [9.17, 15) is 4.79 Å². The molecular formula is C11H14ClN5O. The first-order chi connectivity index (χ1) is 8.49. The third-order valence-corrected chi connectivity index (χ3v) is 3.03. The largest absolute Gasteiger partial charge is 0.378 e. The van der Waals surface area contributed by atoms with Crippen molar-refractivity contribution in [3.05, 3.63) is 39.0 Å². The van der Waals surface area contributed by atoms with Gasteiger partial charge in [0.1, 0.15) is 5.02 Å². The van der Waals surface area contributed by atoms with Crippen molar-refractivity contribution in [2.45, 2.75) is 13.5 Å². The number of hydrogen-bond donors (Lipinski definition) is 1. The standard InChI is InChI=1S/C11H14ClN5O/c1-7-8(6-16(2)15-7)4-13-9-5-14-17(3)11(18)10(9)12/h5-6,13H,4H2,1-3H3. The second-order valence-corrected chi connectivity index (χ2v) is 4.45. The van der Waals surface area contributed by atoms with Gasteiger partial charge in [-0.15, -0.1) is 0 Å². The van der Waals surface area contributed by atoms with E-state index in [4.69, 9.17) is 11.6 Å². The second kappa shape index (κ2) is 4.81. The molecule has 2 aromatic rings. The molecule has 0 unspecified atom stereocenters. The Labute approximate surface area is 109 Å². The number of halogens is 1. The summed E-state index contributed by atoms with van der Waals surface area (Å²) in [6, 6.07) is 0. The minimum absolute atomic E-state index is 0.147. The van der Waals surface area contributed by atoms with Crippen LogP contribution in [0.3, 0.4) is 0 Å². The number of hydrogen-bond acceptors (Lipinski definition) is 4. The van der Waals surface area contributed by atoms with Crippen molar-refractivity contribution in [1.82, 2.24) is 19.6 Å². The van der Waals surface area contributed by atoms with Gasteiger partial charge in [-0.25, -0.2) is 4.68 Å². The van der Waals surface area contributed by atoms with Gasteiger partial charge in [-0.2, -0.15) is 10.2 Å². The average molecular weight is 268 g/mol. The molecule has 0 aromatic carbocycles. The maximum atomic E-state index is 11.6. The molecule has 0 atom stereocenters. The Morgan fingerprint density at radius 3 is 2.78 bits per heavy atom. The Kier molecular flexibility index (Phi) is 3.38. The summed E-state index contributed by atoms with van der Waals surface area (Å²) in [7, 11) is 3.42. The molecule has 0 amide bonds. The lowest BCUT2D eigenvalue weighted by Crippen LogP contribution is -2.21. The van der Waals surface area contributed by atoms with E-state index in [1.807, 2.05) is 20.2 Å². The maximum absolute atomic E-state index is 11.6. The monoisotopic (exact) mass is 267 g/mol. The van der Waals surface area contributed by atoms with Gasteiger partial charge in [-0.1, -0.05) is 11.6 Å². The van der Waals surface area contributed by atoms with E-state index in [2.05, 4.69) is 15.5 Å². The van der Waals surface area contributed by atoms with Gasteiger partial charge < -0.3 is 5.32 Å². The van der Waals surface area contributed by atoms with Crippen molar-refractivity contribution < 1.29 is 0 Å². The quantitative estimate of drug-likeness (QED) is 0.904. The smallest absolute Gasteiger partial charge is 0.287 e. The third kappa shape index (κ3) is 2.38. The van der Waals surface area contributed by atoms with Gasteiger partial charge in [0.25, 0.3) is 5.56 Å². The number of anilines is 1. The number of aryl methyl sites for hydroxylation is 3. The normalized spacial score (nSPS) is 10.7. The van der Waals surface area contributed by atoms with Crippen LogP contribution < -0.4 is 10.9 Å². The highest BCUT2D eigenvalue weighted by atomic mass is 35.5. The van der Waals surface area contributed by atoms with Gasteiger partial charge >= 0.3 is 0 Å². The SMILES string of the molecule is Cc1nn(C)cc1CNc1cnn(C)c(=O)c1Cl. The molecule has 2 aromatic heterocycles. The molecular weight excluding hydrogens is 254 g/mol. The minimum Gasteiger partial charge on any atom is -0.378 e. The number of nitrogens with one attached hydrogen (secondary N) is 1. The molecule has 0 aliphatic rings. The lowest BCUT2D eigenvalue weighted by Gasteiger charge is -2.07. The van der Waals surface area contributed by atoms with E-state index in [-0.39, 0.29) is 10.6 Å². The van der Waals surface area contributed by atoms with Gasteiger partial charge in [-0.3, -0.25) is 9.48 Å². The summed E-state index contributed by atoms with van der Waals surface area (Å²) in [6.45, 7) is 2.48. The van der Waals surface area contributed by atoms with E-state index in [1.54, 1.807) is 11.7 Å². The predicted molar refractivity (Wildman–Crippen MR) is 69.8 cm³/mol. The Morgan fingerprint density at radius 2 is 2.17 bits per heavy atom. The first-order valence-corrected chi connectivity index (χ1v) is 5.81. The van der Waals surface area contributed by atoms with Crippen molar-refractivity contribution in [2.24, 2.45) is 14.1 Å². The molecule has 0 fully saturated rings. The summed E-state index contributed by atoms with van der Waals surface area (Å²) < 4.78 is 2.94. The highest BCUT2D eigenvalue weighted by Gasteiger charge is 2.08. The molecule has 6 nitrogen and oxygen atoms in total. The zero-order valence-corrected chi connectivity index (χ0v) is 11.2. The van der Waals surface area contributed by atoms with Crippen LogP contribution in [0.2, 0.25) is 5.02 Å². The summed E-state index contributed by atoms with van der Waals surface area (Å²) >= 11 is 5.95. The number of rotatable bonds is 3. The van der Waals surface area contributed by atoms with Crippen LogP contribution in [-0.4, -0.2) is 19.6 Å². The predicted octanol–water partition coefficient (Wildman–Crippen LogP) is 1.09. The molecule has 7 heteroatoms. The van der Waals surface area contributed by atoms with Gasteiger partial charge in [0.2, 0.25) is 0 Å². The van der Waals surface area contributed by atoms with Crippen LogP contribution in [-0.2, 0) is 20.6 Å². The fraction of sp³-hybridized carbons (Fsp3) is 0.364.